The molecular formula is C29H29N5O2S. The van der Waals surface area contributed by atoms with Gasteiger partial charge in [0.2, 0.25) is 0 Å². The molecule has 0 spiro atoms. The minimum absolute atomic E-state index is 0.160. The number of amides is 3. The second-order valence-corrected chi connectivity index (χ2v) is 10.1. The number of aliphatic imine (C=N–C) groups is 1. The molecule has 1 atom stereocenters. The summed E-state index contributed by atoms with van der Waals surface area (Å²) in [5.74, 6) is 0.853. The van der Waals surface area contributed by atoms with Crippen LogP contribution in [0.3, 0.4) is 0 Å². The number of thioether (sulfide) groups is 1. The molecule has 0 bridgehead atoms. The van der Waals surface area contributed by atoms with Crippen LogP contribution in [-0.4, -0.2) is 34.3 Å². The van der Waals surface area contributed by atoms with E-state index in [4.69, 9.17) is 4.99 Å². The van der Waals surface area contributed by atoms with Crippen molar-refractivity contribution in [3.63, 3.8) is 0 Å². The molecule has 0 aliphatic carbocycles. The molecule has 0 aromatic heterocycles. The molecule has 2 aliphatic heterocycles. The first-order valence-electron chi connectivity index (χ1n) is 12.3. The minimum atomic E-state index is -0.310. The van der Waals surface area contributed by atoms with Gasteiger partial charge < -0.3 is 20.9 Å². The number of rotatable bonds is 5. The van der Waals surface area contributed by atoms with Gasteiger partial charge in [0.25, 0.3) is 5.91 Å². The third-order valence-electron chi connectivity index (χ3n) is 6.33. The Labute approximate surface area is 221 Å². The molecule has 1 saturated heterocycles. The lowest BCUT2D eigenvalue weighted by molar-refractivity contribution is -0.113. The molecule has 3 N–H and O–H groups in total. The Kier molecular flexibility index (Phi) is 7.28. The van der Waals surface area contributed by atoms with Crippen LogP contribution < -0.4 is 16.0 Å². The lowest BCUT2D eigenvalue weighted by Gasteiger charge is -2.40. The van der Waals surface area contributed by atoms with Crippen LogP contribution in [-0.2, 0) is 4.79 Å². The number of nitrogens with one attached hydrogen (secondary N) is 3. The molecule has 7 nitrogen and oxygen atoms in total. The van der Waals surface area contributed by atoms with Gasteiger partial charge in [0.1, 0.15) is 0 Å². The Morgan fingerprint density at radius 1 is 0.838 bits per heavy atom. The predicted molar refractivity (Wildman–Crippen MR) is 152 cm³/mol. The number of allylic oxidation sites excluding steroid dienone is 1. The Bertz CT molecular complexity index is 1350. The van der Waals surface area contributed by atoms with Crippen LogP contribution in [0.15, 0.2) is 95.1 Å². The third-order valence-corrected chi connectivity index (χ3v) is 7.41. The van der Waals surface area contributed by atoms with Crippen molar-refractivity contribution in [2.75, 3.05) is 28.2 Å². The van der Waals surface area contributed by atoms with Crippen molar-refractivity contribution in [2.45, 2.75) is 26.3 Å². The lowest BCUT2D eigenvalue weighted by atomic mass is 9.93. The Morgan fingerprint density at radius 2 is 1.46 bits per heavy atom. The average Bonchev–Trinajstić information content (AvgIpc) is 2.90. The van der Waals surface area contributed by atoms with Crippen LogP contribution in [0.1, 0.15) is 30.5 Å². The highest BCUT2D eigenvalue weighted by atomic mass is 32.2. The molecule has 3 amide bonds. The molecule has 1 fully saturated rings. The van der Waals surface area contributed by atoms with E-state index in [1.807, 2.05) is 92.7 Å². The minimum Gasteiger partial charge on any atom is -0.340 e. The Morgan fingerprint density at radius 3 is 2.14 bits per heavy atom. The smallest absolute Gasteiger partial charge is 0.323 e. The molecule has 3 aromatic rings. The first-order valence-corrected chi connectivity index (χ1v) is 13.3. The fourth-order valence-corrected chi connectivity index (χ4v) is 5.52. The summed E-state index contributed by atoms with van der Waals surface area (Å²) >= 11 is 1.73. The van der Waals surface area contributed by atoms with Crippen molar-refractivity contribution in [3.05, 3.63) is 101 Å². The van der Waals surface area contributed by atoms with Crippen molar-refractivity contribution < 1.29 is 9.59 Å². The van der Waals surface area contributed by atoms with Crippen molar-refractivity contribution in [2.24, 2.45) is 4.99 Å². The largest absolute Gasteiger partial charge is 0.340 e. The van der Waals surface area contributed by atoms with Crippen molar-refractivity contribution in [1.82, 2.24) is 4.90 Å². The molecule has 0 radical (unpaired) electrons. The van der Waals surface area contributed by atoms with Gasteiger partial charge in [-0.15, -0.1) is 0 Å². The highest BCUT2D eigenvalue weighted by molar-refractivity contribution is 8.13. The summed E-state index contributed by atoms with van der Waals surface area (Å²) in [6.45, 7) is 4.73. The number of anilines is 3. The van der Waals surface area contributed by atoms with Crippen LogP contribution in [0.2, 0.25) is 0 Å². The van der Waals surface area contributed by atoms with Crippen LogP contribution in [0.5, 0.6) is 0 Å². The SMILES string of the molecule is CC1=C(C(=O)Nc2ccccc2)C(c2ccc(NC(=O)Nc3ccc(C)cc3)cc2)N2CCCSC2=N1. The number of carbonyl (C=O) groups is 2. The number of urea groups is 1. The number of carbonyl (C=O) groups excluding carboxylic acids is 2. The maximum atomic E-state index is 13.5. The van der Waals surface area contributed by atoms with Gasteiger partial charge in [0, 0.05) is 29.4 Å². The topological polar surface area (TPSA) is 85.8 Å². The number of nitrogens with zero attached hydrogens (tertiary/aromatic N) is 2. The zero-order chi connectivity index (χ0) is 25.8. The van der Waals surface area contributed by atoms with Crippen molar-refractivity contribution in [1.29, 1.82) is 0 Å². The van der Waals surface area contributed by atoms with Gasteiger partial charge in [-0.05, 0) is 62.2 Å². The summed E-state index contributed by atoms with van der Waals surface area (Å²) in [6, 6.07) is 24.2. The van der Waals surface area contributed by atoms with Crippen LogP contribution in [0, 0.1) is 6.92 Å². The fourth-order valence-electron chi connectivity index (χ4n) is 4.50. The molecule has 188 valence electrons. The normalized spacial score (nSPS) is 17.0. The Hall–Kier alpha value is -4.04. The molecule has 5 rings (SSSR count). The summed E-state index contributed by atoms with van der Waals surface area (Å²) < 4.78 is 0. The van der Waals surface area contributed by atoms with Gasteiger partial charge in [-0.3, -0.25) is 4.79 Å². The van der Waals surface area contributed by atoms with Crippen LogP contribution in [0.25, 0.3) is 0 Å². The predicted octanol–water partition coefficient (Wildman–Crippen LogP) is 6.40. The quantitative estimate of drug-likeness (QED) is 0.370. The standard InChI is InChI=1S/C29H29N5O2S/c1-19-9-13-23(14-10-19)32-28(36)33-24-15-11-21(12-16-24)26-25(27(35)31-22-7-4-3-5-8-22)20(2)30-29-34(26)17-6-18-37-29/h3-5,7-16,26H,6,17-18H2,1-2H3,(H,31,35)(H2,32,33,36). The average molecular weight is 512 g/mol. The number of hydrogen-bond acceptors (Lipinski definition) is 5. The van der Waals surface area contributed by atoms with E-state index >= 15 is 0 Å². The second kappa shape index (κ2) is 10.9. The van der Waals surface area contributed by atoms with Gasteiger partial charge in [-0.1, -0.05) is 59.8 Å². The summed E-state index contributed by atoms with van der Waals surface area (Å²) in [5, 5.41) is 9.72. The molecule has 37 heavy (non-hydrogen) atoms. The number of fused-ring (bicyclic) bond motifs is 1. The lowest BCUT2D eigenvalue weighted by Crippen LogP contribution is -2.43. The van der Waals surface area contributed by atoms with Crippen molar-refractivity contribution >= 4 is 45.9 Å². The monoisotopic (exact) mass is 511 g/mol. The molecule has 1 unspecified atom stereocenters. The van der Waals surface area contributed by atoms with E-state index in [-0.39, 0.29) is 18.0 Å². The van der Waals surface area contributed by atoms with Gasteiger partial charge >= 0.3 is 6.03 Å². The van der Waals surface area contributed by atoms with Gasteiger partial charge in [0.05, 0.1) is 17.3 Å². The second-order valence-electron chi connectivity index (χ2n) is 9.08. The van der Waals surface area contributed by atoms with E-state index in [9.17, 15) is 9.59 Å². The summed E-state index contributed by atoms with van der Waals surface area (Å²) in [6.07, 6.45) is 1.02. The molecule has 2 aliphatic rings. The Balaban J connectivity index is 1.37. The molecular weight excluding hydrogens is 482 g/mol. The van der Waals surface area contributed by atoms with E-state index in [1.54, 1.807) is 11.8 Å². The van der Waals surface area contributed by atoms with E-state index in [0.717, 1.165) is 52.1 Å². The van der Waals surface area contributed by atoms with E-state index in [2.05, 4.69) is 20.9 Å². The first kappa shape index (κ1) is 24.6. The first-order chi connectivity index (χ1) is 18.0. The van der Waals surface area contributed by atoms with Crippen LogP contribution >= 0.6 is 11.8 Å². The van der Waals surface area contributed by atoms with Crippen LogP contribution in [0.4, 0.5) is 21.9 Å². The summed E-state index contributed by atoms with van der Waals surface area (Å²) in [4.78, 5) is 33.0. The maximum absolute atomic E-state index is 13.5. The van der Waals surface area contributed by atoms with Gasteiger partial charge in [-0.2, -0.15) is 0 Å². The number of amidine groups is 1. The van der Waals surface area contributed by atoms with E-state index in [0.29, 0.717) is 11.3 Å². The number of para-hydroxylation sites is 1. The zero-order valence-corrected chi connectivity index (χ0v) is 21.6. The third kappa shape index (κ3) is 5.70. The maximum Gasteiger partial charge on any atom is 0.323 e. The van der Waals surface area contributed by atoms with Gasteiger partial charge in [-0.25, -0.2) is 9.79 Å². The fraction of sp³-hybridized carbons (Fsp3) is 0.207. The van der Waals surface area contributed by atoms with E-state index in [1.165, 1.54) is 0 Å². The highest BCUT2D eigenvalue weighted by Crippen LogP contribution is 2.40. The highest BCUT2D eigenvalue weighted by Gasteiger charge is 2.37. The number of aryl methyl sites for hydroxylation is 1. The molecule has 3 aromatic carbocycles. The molecule has 8 heteroatoms. The molecule has 2 heterocycles. The van der Waals surface area contributed by atoms with Gasteiger partial charge in [0.15, 0.2) is 5.17 Å². The summed E-state index contributed by atoms with van der Waals surface area (Å²) in [5.41, 5.74) is 5.59. The number of benzene rings is 3. The molecule has 0 saturated carbocycles. The summed E-state index contributed by atoms with van der Waals surface area (Å²) in [7, 11) is 0. The zero-order valence-electron chi connectivity index (χ0n) is 20.8. The number of hydrogen-bond donors (Lipinski definition) is 3. The van der Waals surface area contributed by atoms with E-state index < -0.39 is 0 Å². The van der Waals surface area contributed by atoms with Crippen molar-refractivity contribution in [3.8, 4) is 0 Å².